The van der Waals surface area contributed by atoms with Gasteiger partial charge in [-0.25, -0.2) is 0 Å². The molecule has 0 aliphatic carbocycles. The Hall–Kier alpha value is -1.03. The zero-order chi connectivity index (χ0) is 8.39. The van der Waals surface area contributed by atoms with Crippen LogP contribution in [0.3, 0.4) is 0 Å². The highest BCUT2D eigenvalue weighted by Gasteiger charge is 2.11. The molecule has 0 saturated carbocycles. The summed E-state index contributed by atoms with van der Waals surface area (Å²) < 4.78 is 7.08. The lowest BCUT2D eigenvalue weighted by molar-refractivity contribution is 0.122. The molecule has 1 saturated heterocycles. The molecule has 0 unspecified atom stereocenters. The number of aryl methyl sites for hydroxylation is 1. The first kappa shape index (κ1) is 7.61. The van der Waals surface area contributed by atoms with E-state index in [4.69, 9.17) is 4.74 Å². The maximum Gasteiger partial charge on any atom is 0.0753 e. The zero-order valence-electron chi connectivity index (χ0n) is 7.23. The van der Waals surface area contributed by atoms with Crippen LogP contribution < -0.4 is 4.90 Å². The molecule has 4 heteroatoms. The number of hydrogen-bond acceptors (Lipinski definition) is 3. The van der Waals surface area contributed by atoms with E-state index in [2.05, 4.69) is 10.00 Å². The zero-order valence-corrected chi connectivity index (χ0v) is 7.23. The first-order valence-corrected chi connectivity index (χ1v) is 4.17. The smallest absolute Gasteiger partial charge is 0.0753 e. The second-order valence-electron chi connectivity index (χ2n) is 2.97. The van der Waals surface area contributed by atoms with E-state index in [1.807, 2.05) is 24.1 Å². The molecule has 0 atom stereocenters. The second kappa shape index (κ2) is 3.15. The van der Waals surface area contributed by atoms with Crippen molar-refractivity contribution < 1.29 is 4.74 Å². The van der Waals surface area contributed by atoms with Gasteiger partial charge in [0.25, 0.3) is 0 Å². The first-order chi connectivity index (χ1) is 5.86. The van der Waals surface area contributed by atoms with Crippen LogP contribution >= 0.6 is 0 Å². The van der Waals surface area contributed by atoms with Gasteiger partial charge in [0.15, 0.2) is 0 Å². The summed E-state index contributed by atoms with van der Waals surface area (Å²) in [7, 11) is 1.93. The summed E-state index contributed by atoms with van der Waals surface area (Å²) in [6.07, 6.45) is 3.93. The molecule has 0 amide bonds. The van der Waals surface area contributed by atoms with Crippen molar-refractivity contribution in [2.24, 2.45) is 7.05 Å². The van der Waals surface area contributed by atoms with Crippen LogP contribution in [-0.4, -0.2) is 36.1 Å². The molecule has 4 nitrogen and oxygen atoms in total. The van der Waals surface area contributed by atoms with Gasteiger partial charge in [-0.2, -0.15) is 5.10 Å². The minimum atomic E-state index is 0.828. The molecular weight excluding hydrogens is 154 g/mol. The molecule has 0 spiro atoms. The van der Waals surface area contributed by atoms with Crippen molar-refractivity contribution in [2.75, 3.05) is 31.2 Å². The highest BCUT2D eigenvalue weighted by Crippen LogP contribution is 2.13. The summed E-state index contributed by atoms with van der Waals surface area (Å²) in [5, 5.41) is 4.13. The number of hydrogen-bond donors (Lipinski definition) is 0. The standard InChI is InChI=1S/C8H13N3O/c1-10-7-8(6-9-10)11-2-4-12-5-3-11/h6-7H,2-5H2,1H3. The molecule has 66 valence electrons. The Bertz CT molecular complexity index is 253. The quantitative estimate of drug-likeness (QED) is 0.601. The Labute approximate surface area is 71.7 Å². The highest BCUT2D eigenvalue weighted by molar-refractivity contribution is 5.42. The molecular formula is C8H13N3O. The summed E-state index contributed by atoms with van der Waals surface area (Å²) in [5.74, 6) is 0. The van der Waals surface area contributed by atoms with Gasteiger partial charge in [-0.05, 0) is 0 Å². The Morgan fingerprint density at radius 2 is 2.17 bits per heavy atom. The fourth-order valence-corrected chi connectivity index (χ4v) is 1.39. The molecule has 1 aliphatic heterocycles. The average Bonchev–Trinajstić information content (AvgIpc) is 2.54. The maximum absolute atomic E-state index is 5.26. The van der Waals surface area contributed by atoms with E-state index in [-0.39, 0.29) is 0 Å². The van der Waals surface area contributed by atoms with Crippen LogP contribution in [0.15, 0.2) is 12.4 Å². The second-order valence-corrected chi connectivity index (χ2v) is 2.97. The number of rotatable bonds is 1. The van der Waals surface area contributed by atoms with E-state index < -0.39 is 0 Å². The molecule has 1 fully saturated rings. The third-order valence-corrected chi connectivity index (χ3v) is 2.07. The van der Waals surface area contributed by atoms with Crippen molar-refractivity contribution in [1.29, 1.82) is 0 Å². The van der Waals surface area contributed by atoms with Crippen molar-refractivity contribution in [2.45, 2.75) is 0 Å². The van der Waals surface area contributed by atoms with Gasteiger partial charge in [0.2, 0.25) is 0 Å². The molecule has 0 bridgehead atoms. The fraction of sp³-hybridized carbons (Fsp3) is 0.625. The van der Waals surface area contributed by atoms with Crippen LogP contribution in [0.2, 0.25) is 0 Å². The number of nitrogens with zero attached hydrogens (tertiary/aromatic N) is 3. The van der Waals surface area contributed by atoms with Crippen LogP contribution in [0.5, 0.6) is 0 Å². The molecule has 0 aromatic carbocycles. The molecule has 1 aromatic rings. The molecule has 2 heterocycles. The van der Waals surface area contributed by atoms with Crippen LogP contribution in [-0.2, 0) is 11.8 Å². The van der Waals surface area contributed by atoms with Crippen molar-refractivity contribution in [3.63, 3.8) is 0 Å². The summed E-state index contributed by atoms with van der Waals surface area (Å²) in [4.78, 5) is 2.29. The van der Waals surface area contributed by atoms with E-state index in [1.165, 1.54) is 5.69 Å². The SMILES string of the molecule is Cn1cc(N2CCOCC2)cn1. The van der Waals surface area contributed by atoms with Gasteiger partial charge in [-0.1, -0.05) is 0 Å². The molecule has 12 heavy (non-hydrogen) atoms. The monoisotopic (exact) mass is 167 g/mol. The lowest BCUT2D eigenvalue weighted by Crippen LogP contribution is -2.35. The predicted octanol–water partition coefficient (Wildman–Crippen LogP) is 0.257. The third-order valence-electron chi connectivity index (χ3n) is 2.07. The molecule has 0 N–H and O–H groups in total. The maximum atomic E-state index is 5.26. The van der Waals surface area contributed by atoms with E-state index in [9.17, 15) is 0 Å². The fourth-order valence-electron chi connectivity index (χ4n) is 1.39. The summed E-state index contributed by atoms with van der Waals surface area (Å²) in [6.45, 7) is 3.61. The van der Waals surface area contributed by atoms with Crippen LogP contribution in [0.1, 0.15) is 0 Å². The lowest BCUT2D eigenvalue weighted by atomic mass is 10.4. The Balaban J connectivity index is 2.08. The average molecular weight is 167 g/mol. The van der Waals surface area contributed by atoms with Crippen molar-refractivity contribution in [3.05, 3.63) is 12.4 Å². The van der Waals surface area contributed by atoms with Gasteiger partial charge in [-0.3, -0.25) is 4.68 Å². The molecule has 1 aliphatic rings. The molecule has 0 radical (unpaired) electrons. The van der Waals surface area contributed by atoms with Crippen molar-refractivity contribution in [1.82, 2.24) is 9.78 Å². The van der Waals surface area contributed by atoms with Crippen molar-refractivity contribution in [3.8, 4) is 0 Å². The predicted molar refractivity (Wildman–Crippen MR) is 46.2 cm³/mol. The normalized spacial score (nSPS) is 18.2. The van der Waals surface area contributed by atoms with Gasteiger partial charge in [0.1, 0.15) is 0 Å². The lowest BCUT2D eigenvalue weighted by Gasteiger charge is -2.27. The first-order valence-electron chi connectivity index (χ1n) is 4.17. The molecule has 1 aromatic heterocycles. The van der Waals surface area contributed by atoms with E-state index in [0.29, 0.717) is 0 Å². The Kier molecular flexibility index (Phi) is 1.99. The third kappa shape index (κ3) is 1.43. The summed E-state index contributed by atoms with van der Waals surface area (Å²) in [5.41, 5.74) is 1.20. The number of ether oxygens (including phenoxy) is 1. The Morgan fingerprint density at radius 3 is 2.75 bits per heavy atom. The highest BCUT2D eigenvalue weighted by atomic mass is 16.5. The summed E-state index contributed by atoms with van der Waals surface area (Å²) >= 11 is 0. The largest absolute Gasteiger partial charge is 0.378 e. The van der Waals surface area contributed by atoms with Crippen LogP contribution in [0, 0.1) is 0 Å². The van der Waals surface area contributed by atoms with Gasteiger partial charge in [0.05, 0.1) is 25.1 Å². The Morgan fingerprint density at radius 1 is 1.42 bits per heavy atom. The van der Waals surface area contributed by atoms with Crippen molar-refractivity contribution >= 4 is 5.69 Å². The van der Waals surface area contributed by atoms with Gasteiger partial charge in [0, 0.05) is 26.3 Å². The van der Waals surface area contributed by atoms with E-state index in [0.717, 1.165) is 26.3 Å². The minimum Gasteiger partial charge on any atom is -0.378 e. The van der Waals surface area contributed by atoms with Gasteiger partial charge >= 0.3 is 0 Å². The number of morpholine rings is 1. The van der Waals surface area contributed by atoms with Gasteiger partial charge < -0.3 is 9.64 Å². The number of anilines is 1. The minimum absolute atomic E-state index is 0.828. The molecule has 2 rings (SSSR count). The topological polar surface area (TPSA) is 30.3 Å². The van der Waals surface area contributed by atoms with Crippen LogP contribution in [0.25, 0.3) is 0 Å². The summed E-state index contributed by atoms with van der Waals surface area (Å²) in [6, 6.07) is 0. The van der Waals surface area contributed by atoms with Crippen LogP contribution in [0.4, 0.5) is 5.69 Å². The van der Waals surface area contributed by atoms with Gasteiger partial charge in [-0.15, -0.1) is 0 Å². The number of aromatic nitrogens is 2. The van der Waals surface area contributed by atoms with E-state index in [1.54, 1.807) is 0 Å². The van der Waals surface area contributed by atoms with E-state index >= 15 is 0 Å².